The molecule has 0 radical (unpaired) electrons. The van der Waals surface area contributed by atoms with Crippen molar-refractivity contribution in [3.63, 3.8) is 0 Å². The second-order valence-corrected chi connectivity index (χ2v) is 4.60. The second kappa shape index (κ2) is 6.33. The molecule has 1 heterocycles. The third kappa shape index (κ3) is 3.67. The van der Waals surface area contributed by atoms with Crippen LogP contribution < -0.4 is 10.6 Å². The first kappa shape index (κ1) is 14.3. The van der Waals surface area contributed by atoms with E-state index >= 15 is 0 Å². The van der Waals surface area contributed by atoms with Gasteiger partial charge in [0.1, 0.15) is 0 Å². The van der Waals surface area contributed by atoms with E-state index < -0.39 is 0 Å². The Labute approximate surface area is 120 Å². The fraction of sp³-hybridized carbons (Fsp3) is 0.308. The molecular weight excluding hydrogens is 278 g/mol. The summed E-state index contributed by atoms with van der Waals surface area (Å²) in [6, 6.07) is 5.20. The molecule has 0 saturated carbocycles. The van der Waals surface area contributed by atoms with Crippen LogP contribution in [0.4, 0.5) is 5.69 Å². The molecule has 0 bridgehead atoms. The normalized spacial score (nSPS) is 10.4. The van der Waals surface area contributed by atoms with Crippen LogP contribution in [0.2, 0.25) is 0 Å². The molecule has 0 aliphatic heterocycles. The number of aromatic nitrogens is 1. The average Bonchev–Trinajstić information content (AvgIpc) is 2.76. The van der Waals surface area contributed by atoms with Crippen LogP contribution >= 0.6 is 12.2 Å². The molecule has 106 valence electrons. The summed E-state index contributed by atoms with van der Waals surface area (Å²) >= 11 is 4.89. The Hall–Kier alpha value is -2.15. The topological polar surface area (TPSA) is 87.1 Å². The number of amides is 2. The van der Waals surface area contributed by atoms with Gasteiger partial charge in [-0.15, -0.1) is 0 Å². The monoisotopic (exact) mass is 293 g/mol. The van der Waals surface area contributed by atoms with Crippen LogP contribution in [-0.2, 0) is 9.59 Å². The number of aromatic amines is 1. The predicted molar refractivity (Wildman–Crippen MR) is 77.9 cm³/mol. The van der Waals surface area contributed by atoms with E-state index in [9.17, 15) is 9.59 Å². The first-order valence-corrected chi connectivity index (χ1v) is 6.68. The Kier molecular flexibility index (Phi) is 4.52. The van der Waals surface area contributed by atoms with Crippen molar-refractivity contribution in [3.8, 4) is 0 Å². The van der Waals surface area contributed by atoms with Crippen molar-refractivity contribution in [2.75, 3.05) is 11.9 Å². The lowest BCUT2D eigenvalue weighted by Gasteiger charge is -2.05. The number of rotatable bonds is 5. The summed E-state index contributed by atoms with van der Waals surface area (Å²) in [5.74, 6) is -0.348. The molecule has 0 aliphatic rings. The van der Waals surface area contributed by atoms with Gasteiger partial charge in [0, 0.05) is 31.1 Å². The first-order chi connectivity index (χ1) is 9.58. The number of benzene rings is 1. The molecule has 1 aromatic heterocycles. The molecule has 1 aromatic carbocycles. The zero-order valence-electron chi connectivity index (χ0n) is 11.0. The molecule has 0 aliphatic carbocycles. The third-order valence-corrected chi connectivity index (χ3v) is 2.84. The molecule has 3 N–H and O–H groups in total. The maximum absolute atomic E-state index is 11.7. The lowest BCUT2D eigenvalue weighted by atomic mass is 10.2. The summed E-state index contributed by atoms with van der Waals surface area (Å²) in [7, 11) is 0. The standard InChI is InChI=1S/C13H15N3O3S/c1-2-14-11(17)5-6-12(18)15-8-3-4-9-10(7-8)19-13(20)16-9/h3-4,7H,2,5-6H2,1H3,(H,14,17)(H,15,18)(H,16,20). The Morgan fingerprint density at radius 2 is 2.05 bits per heavy atom. The Morgan fingerprint density at radius 1 is 1.30 bits per heavy atom. The van der Waals surface area contributed by atoms with Gasteiger partial charge in [-0.3, -0.25) is 9.59 Å². The van der Waals surface area contributed by atoms with Crippen molar-refractivity contribution in [3.05, 3.63) is 23.0 Å². The van der Waals surface area contributed by atoms with Crippen LogP contribution in [-0.4, -0.2) is 23.3 Å². The number of hydrogen-bond donors (Lipinski definition) is 3. The Balaban J connectivity index is 1.95. The lowest BCUT2D eigenvalue weighted by Crippen LogP contribution is -2.24. The zero-order valence-corrected chi connectivity index (χ0v) is 11.8. The number of nitrogens with one attached hydrogen (secondary N) is 3. The minimum absolute atomic E-state index is 0.130. The molecule has 2 aromatic rings. The van der Waals surface area contributed by atoms with Gasteiger partial charge in [0.05, 0.1) is 5.52 Å². The molecule has 2 amide bonds. The van der Waals surface area contributed by atoms with Gasteiger partial charge < -0.3 is 20.0 Å². The molecule has 0 spiro atoms. The zero-order chi connectivity index (χ0) is 14.5. The highest BCUT2D eigenvalue weighted by atomic mass is 32.1. The SMILES string of the molecule is CCNC(=O)CCC(=O)Nc1ccc2[nH]c(=S)oc2c1. The Morgan fingerprint density at radius 3 is 2.80 bits per heavy atom. The number of oxazole rings is 1. The predicted octanol–water partition coefficient (Wildman–Crippen LogP) is 2.35. The fourth-order valence-electron chi connectivity index (χ4n) is 1.76. The van der Waals surface area contributed by atoms with Gasteiger partial charge in [-0.2, -0.15) is 0 Å². The molecule has 7 heteroatoms. The quantitative estimate of drug-likeness (QED) is 0.738. The van der Waals surface area contributed by atoms with Gasteiger partial charge in [-0.25, -0.2) is 0 Å². The number of carbonyl (C=O) groups excluding carboxylic acids is 2. The van der Waals surface area contributed by atoms with Gasteiger partial charge in [-0.05, 0) is 31.3 Å². The third-order valence-electron chi connectivity index (χ3n) is 2.66. The van der Waals surface area contributed by atoms with Crippen LogP contribution in [0.25, 0.3) is 11.1 Å². The van der Waals surface area contributed by atoms with Gasteiger partial charge >= 0.3 is 0 Å². The summed E-state index contributed by atoms with van der Waals surface area (Å²) in [4.78, 5) is 26.1. The first-order valence-electron chi connectivity index (χ1n) is 6.28. The number of hydrogen-bond acceptors (Lipinski definition) is 4. The van der Waals surface area contributed by atoms with Crippen LogP contribution in [0, 0.1) is 4.84 Å². The molecule has 0 fully saturated rings. The molecular formula is C13H15N3O3S. The van der Waals surface area contributed by atoms with Crippen LogP contribution in [0.5, 0.6) is 0 Å². The molecule has 6 nitrogen and oxygen atoms in total. The summed E-state index contributed by atoms with van der Waals surface area (Å²) < 4.78 is 5.26. The molecule has 0 unspecified atom stereocenters. The smallest absolute Gasteiger partial charge is 0.266 e. The van der Waals surface area contributed by atoms with Crippen LogP contribution in [0.3, 0.4) is 0 Å². The number of fused-ring (bicyclic) bond motifs is 1. The molecule has 0 atom stereocenters. The van der Waals surface area contributed by atoms with Gasteiger partial charge in [0.2, 0.25) is 11.8 Å². The highest BCUT2D eigenvalue weighted by Gasteiger charge is 2.07. The number of carbonyl (C=O) groups is 2. The van der Waals surface area contributed by atoms with Crippen molar-refractivity contribution in [1.82, 2.24) is 10.3 Å². The average molecular weight is 293 g/mol. The largest absolute Gasteiger partial charge is 0.429 e. The number of anilines is 1. The van der Waals surface area contributed by atoms with E-state index in [-0.39, 0.29) is 24.7 Å². The highest BCUT2D eigenvalue weighted by molar-refractivity contribution is 7.71. The summed E-state index contributed by atoms with van der Waals surface area (Å²) in [5.41, 5.74) is 1.96. The molecule has 2 rings (SSSR count). The number of H-pyrrole nitrogens is 1. The van der Waals surface area contributed by atoms with E-state index in [0.717, 1.165) is 5.52 Å². The maximum Gasteiger partial charge on any atom is 0.266 e. The van der Waals surface area contributed by atoms with E-state index in [2.05, 4.69) is 15.6 Å². The summed E-state index contributed by atoms with van der Waals surface area (Å²) in [5, 5.41) is 5.36. The van der Waals surface area contributed by atoms with E-state index in [4.69, 9.17) is 16.6 Å². The molecule has 0 saturated heterocycles. The fourth-order valence-corrected chi connectivity index (χ4v) is 1.96. The van der Waals surface area contributed by atoms with E-state index in [0.29, 0.717) is 22.7 Å². The van der Waals surface area contributed by atoms with Crippen molar-refractivity contribution in [2.45, 2.75) is 19.8 Å². The van der Waals surface area contributed by atoms with Crippen LogP contribution in [0.1, 0.15) is 19.8 Å². The van der Waals surface area contributed by atoms with E-state index in [1.165, 1.54) is 0 Å². The van der Waals surface area contributed by atoms with Gasteiger partial charge in [-0.1, -0.05) is 0 Å². The second-order valence-electron chi connectivity index (χ2n) is 4.23. The van der Waals surface area contributed by atoms with Crippen molar-refractivity contribution in [1.29, 1.82) is 0 Å². The summed E-state index contributed by atoms with van der Waals surface area (Å²) in [6.07, 6.45) is 0.313. The van der Waals surface area contributed by atoms with Crippen LogP contribution in [0.15, 0.2) is 22.6 Å². The van der Waals surface area contributed by atoms with E-state index in [1.54, 1.807) is 18.2 Å². The van der Waals surface area contributed by atoms with Crippen molar-refractivity contribution < 1.29 is 14.0 Å². The summed E-state index contributed by atoms with van der Waals surface area (Å²) in [6.45, 7) is 2.40. The van der Waals surface area contributed by atoms with Crippen molar-refractivity contribution in [2.24, 2.45) is 0 Å². The van der Waals surface area contributed by atoms with E-state index in [1.807, 2.05) is 6.92 Å². The minimum Gasteiger partial charge on any atom is -0.429 e. The maximum atomic E-state index is 11.7. The minimum atomic E-state index is -0.218. The highest BCUT2D eigenvalue weighted by Crippen LogP contribution is 2.18. The Bertz CT molecular complexity index is 689. The van der Waals surface area contributed by atoms with Gasteiger partial charge in [0.15, 0.2) is 5.58 Å². The lowest BCUT2D eigenvalue weighted by molar-refractivity contribution is -0.124. The molecule has 20 heavy (non-hydrogen) atoms. The van der Waals surface area contributed by atoms with Crippen molar-refractivity contribution >= 4 is 40.8 Å². The van der Waals surface area contributed by atoms with Gasteiger partial charge in [0.25, 0.3) is 4.84 Å².